The van der Waals surface area contributed by atoms with Gasteiger partial charge < -0.3 is 15.4 Å². The minimum Gasteiger partial charge on any atom is -0.492 e. The summed E-state index contributed by atoms with van der Waals surface area (Å²) in [7, 11) is 0. The lowest BCUT2D eigenvalue weighted by Gasteiger charge is -2.31. The number of hydrogen-bond acceptors (Lipinski definition) is 3. The maximum Gasteiger partial charge on any atom is 0.171 e. The van der Waals surface area contributed by atoms with Gasteiger partial charge in [-0.3, -0.25) is 4.98 Å². The molecule has 1 fully saturated rings. The van der Waals surface area contributed by atoms with Gasteiger partial charge in [0.2, 0.25) is 0 Å². The maximum atomic E-state index is 5.66. The minimum atomic E-state index is -0.175. The van der Waals surface area contributed by atoms with Gasteiger partial charge in [0.1, 0.15) is 5.75 Å². The second-order valence-electron chi connectivity index (χ2n) is 6.01. The molecule has 3 rings (SSSR count). The number of aromatic nitrogens is 1. The first-order chi connectivity index (χ1) is 11.7. The Labute approximate surface area is 148 Å². The van der Waals surface area contributed by atoms with Crippen molar-refractivity contribution in [2.45, 2.75) is 38.1 Å². The Morgan fingerprint density at radius 2 is 1.92 bits per heavy atom. The van der Waals surface area contributed by atoms with Gasteiger partial charge in [-0.15, -0.1) is 0 Å². The number of benzene rings is 1. The Kier molecular flexibility index (Phi) is 5.30. The SMILES string of the molecule is CCOc1ccccc1NC(=S)NC1(c2ccccn2)CCCC1. The second-order valence-corrected chi connectivity index (χ2v) is 6.42. The monoisotopic (exact) mass is 341 g/mol. The van der Waals surface area contributed by atoms with E-state index < -0.39 is 0 Å². The van der Waals surface area contributed by atoms with Gasteiger partial charge in [0.25, 0.3) is 0 Å². The zero-order valence-electron chi connectivity index (χ0n) is 13.9. The summed E-state index contributed by atoms with van der Waals surface area (Å²) >= 11 is 5.58. The van der Waals surface area contributed by atoms with Crippen LogP contribution in [0.4, 0.5) is 5.69 Å². The van der Waals surface area contributed by atoms with Gasteiger partial charge in [-0.05, 0) is 56.2 Å². The molecule has 1 aromatic carbocycles. The van der Waals surface area contributed by atoms with Gasteiger partial charge >= 0.3 is 0 Å². The predicted molar refractivity (Wildman–Crippen MR) is 101 cm³/mol. The van der Waals surface area contributed by atoms with E-state index in [0.717, 1.165) is 30.0 Å². The molecule has 0 atom stereocenters. The molecule has 0 aliphatic heterocycles. The fourth-order valence-corrected chi connectivity index (χ4v) is 3.60. The van der Waals surface area contributed by atoms with E-state index in [2.05, 4.69) is 21.7 Å². The molecule has 2 aromatic rings. The lowest BCUT2D eigenvalue weighted by Crippen LogP contribution is -2.46. The Morgan fingerprint density at radius 3 is 2.62 bits per heavy atom. The van der Waals surface area contributed by atoms with Crippen LogP contribution in [0, 0.1) is 0 Å². The molecule has 0 bridgehead atoms. The van der Waals surface area contributed by atoms with E-state index >= 15 is 0 Å². The highest BCUT2D eigenvalue weighted by Gasteiger charge is 2.37. The van der Waals surface area contributed by atoms with Crippen molar-refractivity contribution in [1.29, 1.82) is 0 Å². The second kappa shape index (κ2) is 7.62. The Morgan fingerprint density at radius 1 is 1.17 bits per heavy atom. The first-order valence-corrected chi connectivity index (χ1v) is 8.87. The molecule has 5 heteroatoms. The smallest absolute Gasteiger partial charge is 0.171 e. The maximum absolute atomic E-state index is 5.66. The number of nitrogens with one attached hydrogen (secondary N) is 2. The van der Waals surface area contributed by atoms with Gasteiger partial charge in [0.05, 0.1) is 23.5 Å². The molecule has 1 aromatic heterocycles. The molecule has 2 N–H and O–H groups in total. The summed E-state index contributed by atoms with van der Waals surface area (Å²) in [4.78, 5) is 4.57. The van der Waals surface area contributed by atoms with Gasteiger partial charge in [-0.2, -0.15) is 0 Å². The topological polar surface area (TPSA) is 46.2 Å². The van der Waals surface area contributed by atoms with E-state index in [0.29, 0.717) is 11.7 Å². The number of anilines is 1. The Balaban J connectivity index is 1.76. The molecular formula is C19H23N3OS. The molecule has 1 heterocycles. The van der Waals surface area contributed by atoms with Crippen LogP contribution < -0.4 is 15.4 Å². The molecule has 1 saturated carbocycles. The quantitative estimate of drug-likeness (QED) is 0.797. The average molecular weight is 341 g/mol. The molecule has 126 valence electrons. The van der Waals surface area contributed by atoms with Crippen molar-refractivity contribution in [2.75, 3.05) is 11.9 Å². The first kappa shape index (κ1) is 16.7. The molecule has 0 spiro atoms. The molecule has 0 radical (unpaired) electrons. The summed E-state index contributed by atoms with van der Waals surface area (Å²) in [5, 5.41) is 7.42. The molecule has 0 amide bonds. The third kappa shape index (κ3) is 3.67. The van der Waals surface area contributed by atoms with Gasteiger partial charge in [0, 0.05) is 6.20 Å². The normalized spacial score (nSPS) is 15.7. The van der Waals surface area contributed by atoms with Crippen LogP contribution in [0.3, 0.4) is 0 Å². The van der Waals surface area contributed by atoms with E-state index in [1.165, 1.54) is 12.8 Å². The number of rotatable bonds is 5. The summed E-state index contributed by atoms with van der Waals surface area (Å²) in [6, 6.07) is 13.9. The Hall–Kier alpha value is -2.14. The fraction of sp³-hybridized carbons (Fsp3) is 0.368. The van der Waals surface area contributed by atoms with Crippen molar-refractivity contribution < 1.29 is 4.74 Å². The van der Waals surface area contributed by atoms with Crippen LogP contribution in [0.5, 0.6) is 5.75 Å². The van der Waals surface area contributed by atoms with E-state index in [1.807, 2.05) is 49.5 Å². The highest BCUT2D eigenvalue weighted by atomic mass is 32.1. The summed E-state index contributed by atoms with van der Waals surface area (Å²) in [5.74, 6) is 0.808. The molecule has 0 unspecified atom stereocenters. The highest BCUT2D eigenvalue weighted by molar-refractivity contribution is 7.80. The molecule has 1 aliphatic rings. The van der Waals surface area contributed by atoms with E-state index in [1.54, 1.807) is 0 Å². The third-order valence-electron chi connectivity index (χ3n) is 4.40. The van der Waals surface area contributed by atoms with Crippen molar-refractivity contribution in [3.63, 3.8) is 0 Å². The van der Waals surface area contributed by atoms with Gasteiger partial charge in [-0.1, -0.05) is 31.0 Å². The minimum absolute atomic E-state index is 0.175. The van der Waals surface area contributed by atoms with Crippen molar-refractivity contribution in [2.24, 2.45) is 0 Å². The zero-order chi connectivity index (χ0) is 16.8. The van der Waals surface area contributed by atoms with Crippen LogP contribution in [-0.2, 0) is 5.54 Å². The van der Waals surface area contributed by atoms with Crippen molar-refractivity contribution in [3.05, 3.63) is 54.4 Å². The van der Waals surface area contributed by atoms with Crippen LogP contribution in [0.25, 0.3) is 0 Å². The average Bonchev–Trinajstić information content (AvgIpc) is 3.07. The molecule has 4 nitrogen and oxygen atoms in total. The first-order valence-electron chi connectivity index (χ1n) is 8.46. The van der Waals surface area contributed by atoms with Crippen molar-refractivity contribution in [3.8, 4) is 5.75 Å². The van der Waals surface area contributed by atoms with Crippen LogP contribution in [-0.4, -0.2) is 16.7 Å². The highest BCUT2D eigenvalue weighted by Crippen LogP contribution is 2.37. The van der Waals surface area contributed by atoms with Crippen molar-refractivity contribution in [1.82, 2.24) is 10.3 Å². The molecule has 0 saturated heterocycles. The van der Waals surface area contributed by atoms with E-state index in [9.17, 15) is 0 Å². The van der Waals surface area contributed by atoms with E-state index in [4.69, 9.17) is 17.0 Å². The van der Waals surface area contributed by atoms with E-state index in [-0.39, 0.29) is 5.54 Å². The van der Waals surface area contributed by atoms with Crippen LogP contribution in [0.2, 0.25) is 0 Å². The largest absolute Gasteiger partial charge is 0.492 e. The summed E-state index contributed by atoms with van der Waals surface area (Å²) in [6.45, 7) is 2.60. The summed E-state index contributed by atoms with van der Waals surface area (Å²) in [6.07, 6.45) is 6.29. The standard InChI is InChI=1S/C19H23N3OS/c1-2-23-16-10-4-3-9-15(16)21-18(24)22-19(12-6-7-13-19)17-11-5-8-14-20-17/h3-5,8-11,14H,2,6-7,12-13H2,1H3,(H2,21,22,24). The van der Waals surface area contributed by atoms with Gasteiger partial charge in [-0.25, -0.2) is 0 Å². The number of para-hydroxylation sites is 2. The molecule has 24 heavy (non-hydrogen) atoms. The Bertz CT molecular complexity index is 684. The number of hydrogen-bond donors (Lipinski definition) is 2. The fourth-order valence-electron chi connectivity index (χ4n) is 3.29. The lowest BCUT2D eigenvalue weighted by molar-refractivity contribution is 0.342. The van der Waals surface area contributed by atoms with Crippen molar-refractivity contribution >= 4 is 23.0 Å². The summed E-state index contributed by atoms with van der Waals surface area (Å²) in [5.41, 5.74) is 1.77. The van der Waals surface area contributed by atoms with Crippen LogP contribution in [0.1, 0.15) is 38.3 Å². The number of ether oxygens (including phenoxy) is 1. The molecular weight excluding hydrogens is 318 g/mol. The third-order valence-corrected chi connectivity index (χ3v) is 4.60. The number of nitrogens with zero attached hydrogens (tertiary/aromatic N) is 1. The zero-order valence-corrected chi connectivity index (χ0v) is 14.7. The van der Waals surface area contributed by atoms with Crippen LogP contribution in [0.15, 0.2) is 48.7 Å². The number of pyridine rings is 1. The van der Waals surface area contributed by atoms with Gasteiger partial charge in [0.15, 0.2) is 5.11 Å². The lowest BCUT2D eigenvalue weighted by atomic mass is 9.93. The number of thiocarbonyl (C=S) groups is 1. The molecule has 1 aliphatic carbocycles. The van der Waals surface area contributed by atoms with Crippen LogP contribution >= 0.6 is 12.2 Å². The predicted octanol–water partition coefficient (Wildman–Crippen LogP) is 4.24. The summed E-state index contributed by atoms with van der Waals surface area (Å²) < 4.78 is 5.66.